The molecule has 3 aromatic carbocycles. The number of carboxylic acids is 1. The van der Waals surface area contributed by atoms with Gasteiger partial charge in [0.15, 0.2) is 0 Å². The maximum Gasteiger partial charge on any atom is 0.335 e. The number of aromatic carboxylic acids is 1. The van der Waals surface area contributed by atoms with Crippen LogP contribution in [0.15, 0.2) is 83.8 Å². The van der Waals surface area contributed by atoms with Crippen molar-refractivity contribution in [3.05, 3.63) is 95.6 Å². The second kappa shape index (κ2) is 8.33. The number of benzene rings is 3. The number of hydrogen-bond acceptors (Lipinski definition) is 4. The topological polar surface area (TPSA) is 101 Å². The van der Waals surface area contributed by atoms with Crippen LogP contribution in [0.5, 0.6) is 0 Å². The minimum absolute atomic E-state index is 0.0444. The Hall–Kier alpha value is -3.71. The zero-order valence-electron chi connectivity index (χ0n) is 18.2. The molecule has 33 heavy (non-hydrogen) atoms. The summed E-state index contributed by atoms with van der Waals surface area (Å²) < 4.78 is 27.8. The molecule has 0 spiro atoms. The number of hydrogen-bond donors (Lipinski definition) is 2. The second-order valence-electron chi connectivity index (χ2n) is 8.69. The lowest BCUT2D eigenvalue weighted by atomic mass is 9.78. The molecule has 0 aliphatic heterocycles. The van der Waals surface area contributed by atoms with Gasteiger partial charge in [-0.3, -0.25) is 4.79 Å². The molecule has 2 N–H and O–H groups in total. The van der Waals surface area contributed by atoms with Crippen LogP contribution in [0.3, 0.4) is 0 Å². The van der Waals surface area contributed by atoms with E-state index in [4.69, 9.17) is 5.11 Å². The van der Waals surface area contributed by atoms with Crippen LogP contribution in [-0.2, 0) is 10.0 Å². The first-order valence-electron chi connectivity index (χ1n) is 10.4. The van der Waals surface area contributed by atoms with Crippen molar-refractivity contribution in [3.63, 3.8) is 0 Å². The highest BCUT2D eigenvalue weighted by molar-refractivity contribution is 7.90. The third-order valence-electron chi connectivity index (χ3n) is 5.62. The predicted octanol–water partition coefficient (Wildman–Crippen LogP) is 5.03. The van der Waals surface area contributed by atoms with Gasteiger partial charge in [0.25, 0.3) is 15.9 Å². The third-order valence-corrected chi connectivity index (χ3v) is 6.97. The molecule has 0 atom stereocenters. The van der Waals surface area contributed by atoms with Crippen LogP contribution in [0.25, 0.3) is 16.3 Å². The van der Waals surface area contributed by atoms with E-state index in [1.54, 1.807) is 12.1 Å². The van der Waals surface area contributed by atoms with Gasteiger partial charge in [-0.15, -0.1) is 0 Å². The number of carbonyl (C=O) groups excluding carboxylic acids is 1. The Labute approximate surface area is 192 Å². The van der Waals surface area contributed by atoms with Gasteiger partial charge >= 0.3 is 5.97 Å². The van der Waals surface area contributed by atoms with Crippen molar-refractivity contribution in [1.82, 2.24) is 4.72 Å². The molecule has 0 bridgehead atoms. The lowest BCUT2D eigenvalue weighted by molar-refractivity contribution is 0.0696. The highest BCUT2D eigenvalue weighted by atomic mass is 32.2. The molecular formula is C26H23NO5S. The number of nitrogens with one attached hydrogen (secondary N) is 1. The summed E-state index contributed by atoms with van der Waals surface area (Å²) >= 11 is 0. The largest absolute Gasteiger partial charge is 0.478 e. The van der Waals surface area contributed by atoms with Crippen LogP contribution in [0, 0.1) is 5.41 Å². The van der Waals surface area contributed by atoms with E-state index in [1.165, 1.54) is 12.1 Å². The smallest absolute Gasteiger partial charge is 0.335 e. The fourth-order valence-electron chi connectivity index (χ4n) is 4.02. The number of allylic oxidation sites excluding steroid dienone is 4. The van der Waals surface area contributed by atoms with Gasteiger partial charge in [0, 0.05) is 5.56 Å². The van der Waals surface area contributed by atoms with Crippen molar-refractivity contribution in [1.29, 1.82) is 0 Å². The quantitative estimate of drug-likeness (QED) is 0.555. The van der Waals surface area contributed by atoms with Gasteiger partial charge < -0.3 is 5.11 Å². The lowest BCUT2D eigenvalue weighted by Gasteiger charge is -2.27. The van der Waals surface area contributed by atoms with E-state index >= 15 is 0 Å². The molecule has 6 nitrogen and oxygen atoms in total. The standard InChI is InChI=1S/C26H23NO5S/c1-26(2)15-5-7-19(16-26)23-21-8-4-3-6-17(21)11-14-22(23)24(28)27-33(31,32)20-12-9-18(10-13-20)25(29)30/h3-15H,16H2,1-2H3,(H,27,28)(H,29,30). The maximum atomic E-state index is 13.2. The summed E-state index contributed by atoms with van der Waals surface area (Å²) in [7, 11) is -4.20. The summed E-state index contributed by atoms with van der Waals surface area (Å²) in [6.07, 6.45) is 6.72. The summed E-state index contributed by atoms with van der Waals surface area (Å²) in [6.45, 7) is 4.21. The van der Waals surface area contributed by atoms with Crippen molar-refractivity contribution >= 4 is 38.2 Å². The molecule has 0 heterocycles. The summed E-state index contributed by atoms with van der Waals surface area (Å²) in [5, 5.41) is 10.8. The summed E-state index contributed by atoms with van der Waals surface area (Å²) in [5.41, 5.74) is 1.77. The minimum atomic E-state index is -4.20. The predicted molar refractivity (Wildman–Crippen MR) is 128 cm³/mol. The minimum Gasteiger partial charge on any atom is -0.478 e. The van der Waals surface area contributed by atoms with Crippen LogP contribution in [0.1, 0.15) is 46.5 Å². The van der Waals surface area contributed by atoms with E-state index in [1.807, 2.05) is 36.4 Å². The Balaban J connectivity index is 1.76. The first-order valence-corrected chi connectivity index (χ1v) is 11.9. The first-order chi connectivity index (χ1) is 15.6. The number of carbonyl (C=O) groups is 2. The normalized spacial score (nSPS) is 15.2. The van der Waals surface area contributed by atoms with E-state index < -0.39 is 21.9 Å². The zero-order valence-corrected chi connectivity index (χ0v) is 19.0. The van der Waals surface area contributed by atoms with E-state index in [-0.39, 0.29) is 21.4 Å². The van der Waals surface area contributed by atoms with E-state index in [0.717, 1.165) is 28.5 Å². The van der Waals surface area contributed by atoms with Crippen LogP contribution < -0.4 is 4.72 Å². The molecule has 3 aromatic rings. The number of fused-ring (bicyclic) bond motifs is 1. The van der Waals surface area contributed by atoms with Crippen molar-refractivity contribution < 1.29 is 23.1 Å². The average molecular weight is 462 g/mol. The SMILES string of the molecule is CC1(C)C=CC=C(c2c(C(=O)NS(=O)(=O)c3ccc(C(=O)O)cc3)ccc3ccccc23)C1. The molecular weight excluding hydrogens is 438 g/mol. The second-order valence-corrected chi connectivity index (χ2v) is 10.4. The maximum absolute atomic E-state index is 13.2. The Morgan fingerprint density at radius 3 is 2.33 bits per heavy atom. The molecule has 0 radical (unpaired) electrons. The van der Waals surface area contributed by atoms with E-state index in [2.05, 4.69) is 24.6 Å². The molecule has 0 fully saturated rings. The molecule has 0 unspecified atom stereocenters. The Bertz CT molecular complexity index is 1430. The highest BCUT2D eigenvalue weighted by Gasteiger charge is 2.26. The van der Waals surface area contributed by atoms with Gasteiger partial charge in [-0.1, -0.05) is 62.4 Å². The average Bonchev–Trinajstić information content (AvgIpc) is 2.77. The number of rotatable bonds is 5. The van der Waals surface area contributed by atoms with Crippen LogP contribution in [0.4, 0.5) is 0 Å². The Morgan fingerprint density at radius 2 is 1.67 bits per heavy atom. The van der Waals surface area contributed by atoms with Crippen molar-refractivity contribution in [2.45, 2.75) is 25.2 Å². The summed E-state index contributed by atoms with van der Waals surface area (Å²) in [5.74, 6) is -1.91. The van der Waals surface area contributed by atoms with Gasteiger partial charge in [-0.05, 0) is 64.1 Å². The van der Waals surface area contributed by atoms with Crippen molar-refractivity contribution in [2.24, 2.45) is 5.41 Å². The molecule has 0 aromatic heterocycles. The number of amides is 1. The monoisotopic (exact) mass is 461 g/mol. The molecule has 7 heteroatoms. The molecule has 1 aliphatic rings. The molecule has 168 valence electrons. The van der Waals surface area contributed by atoms with Crippen LogP contribution in [-0.4, -0.2) is 25.4 Å². The fraction of sp³-hybridized carbons (Fsp3) is 0.154. The van der Waals surface area contributed by atoms with Crippen molar-refractivity contribution in [3.8, 4) is 0 Å². The lowest BCUT2D eigenvalue weighted by Crippen LogP contribution is -2.31. The van der Waals surface area contributed by atoms with Gasteiger partial charge in [-0.25, -0.2) is 17.9 Å². The van der Waals surface area contributed by atoms with Crippen LogP contribution >= 0.6 is 0 Å². The Kier molecular flexibility index (Phi) is 5.68. The molecule has 0 saturated heterocycles. The molecule has 1 aliphatic carbocycles. The fourth-order valence-corrected chi connectivity index (χ4v) is 4.99. The van der Waals surface area contributed by atoms with Crippen LogP contribution in [0.2, 0.25) is 0 Å². The summed E-state index contributed by atoms with van der Waals surface area (Å²) in [4.78, 5) is 24.1. The van der Waals surface area contributed by atoms with Crippen molar-refractivity contribution in [2.75, 3.05) is 0 Å². The molecule has 4 rings (SSSR count). The van der Waals surface area contributed by atoms with Gasteiger partial charge in [0.1, 0.15) is 0 Å². The summed E-state index contributed by atoms with van der Waals surface area (Å²) in [6, 6.07) is 15.8. The van der Waals surface area contributed by atoms with Gasteiger partial charge in [-0.2, -0.15) is 0 Å². The number of carboxylic acid groups (broad SMARTS) is 1. The van der Waals surface area contributed by atoms with E-state index in [9.17, 15) is 18.0 Å². The van der Waals surface area contributed by atoms with Gasteiger partial charge in [0.05, 0.1) is 10.5 Å². The molecule has 0 saturated carbocycles. The third kappa shape index (κ3) is 4.59. The number of sulfonamides is 1. The molecule has 1 amide bonds. The Morgan fingerprint density at radius 1 is 0.970 bits per heavy atom. The van der Waals surface area contributed by atoms with Gasteiger partial charge in [0.2, 0.25) is 0 Å². The first kappa shape index (κ1) is 22.5. The highest BCUT2D eigenvalue weighted by Crippen LogP contribution is 2.39. The zero-order chi connectivity index (χ0) is 23.8. The van der Waals surface area contributed by atoms with E-state index in [0.29, 0.717) is 12.0 Å².